The first-order valence-electron chi connectivity index (χ1n) is 7.85. The number of thioether (sulfide) groups is 1. The Morgan fingerprint density at radius 1 is 1.45 bits per heavy atom. The summed E-state index contributed by atoms with van der Waals surface area (Å²) in [5.41, 5.74) is 0. The molecule has 1 fully saturated rings. The summed E-state index contributed by atoms with van der Waals surface area (Å²) in [6.45, 7) is 6.75. The van der Waals surface area contributed by atoms with Gasteiger partial charge in [-0.15, -0.1) is 23.1 Å². The van der Waals surface area contributed by atoms with Crippen molar-refractivity contribution in [1.29, 1.82) is 0 Å². The molecule has 1 aromatic rings. The van der Waals surface area contributed by atoms with Crippen molar-refractivity contribution in [2.75, 3.05) is 18.8 Å². The summed E-state index contributed by atoms with van der Waals surface area (Å²) < 4.78 is 1.34. The maximum atomic E-state index is 10.4. The topological polar surface area (TPSA) is 23.5 Å². The summed E-state index contributed by atoms with van der Waals surface area (Å²) in [6.07, 6.45) is 5.77. The zero-order valence-corrected chi connectivity index (χ0v) is 14.3. The van der Waals surface area contributed by atoms with Crippen LogP contribution in [-0.4, -0.2) is 34.9 Å². The highest BCUT2D eigenvalue weighted by atomic mass is 32.2. The van der Waals surface area contributed by atoms with Gasteiger partial charge >= 0.3 is 0 Å². The normalized spacial score (nSPS) is 22.1. The molecule has 0 spiro atoms. The lowest BCUT2D eigenvalue weighted by Crippen LogP contribution is -2.38. The molecule has 114 valence electrons. The van der Waals surface area contributed by atoms with Crippen molar-refractivity contribution in [1.82, 2.24) is 4.90 Å². The molecule has 4 heteroatoms. The molecule has 2 unspecified atom stereocenters. The van der Waals surface area contributed by atoms with E-state index in [1.807, 2.05) is 11.8 Å². The summed E-state index contributed by atoms with van der Waals surface area (Å²) in [7, 11) is 0. The Hall–Kier alpha value is -0.0300. The van der Waals surface area contributed by atoms with Gasteiger partial charge in [-0.3, -0.25) is 0 Å². The van der Waals surface area contributed by atoms with E-state index in [1.165, 1.54) is 42.2 Å². The van der Waals surface area contributed by atoms with E-state index in [9.17, 15) is 5.11 Å². The van der Waals surface area contributed by atoms with Gasteiger partial charge in [-0.25, -0.2) is 0 Å². The molecule has 0 aliphatic carbocycles. The van der Waals surface area contributed by atoms with Crippen LogP contribution in [0.15, 0.2) is 16.3 Å². The van der Waals surface area contributed by atoms with E-state index in [1.54, 1.807) is 11.3 Å². The van der Waals surface area contributed by atoms with Crippen molar-refractivity contribution >= 4 is 23.1 Å². The minimum Gasteiger partial charge on any atom is -0.388 e. The van der Waals surface area contributed by atoms with Gasteiger partial charge in [0.15, 0.2) is 0 Å². The molecule has 20 heavy (non-hydrogen) atoms. The van der Waals surface area contributed by atoms with Crippen LogP contribution in [0.5, 0.6) is 0 Å². The van der Waals surface area contributed by atoms with Crippen molar-refractivity contribution < 1.29 is 5.11 Å². The van der Waals surface area contributed by atoms with E-state index in [0.717, 1.165) is 17.8 Å². The smallest absolute Gasteiger partial charge is 0.0894 e. The molecular weight excluding hydrogens is 286 g/mol. The lowest BCUT2D eigenvalue weighted by atomic mass is 10.0. The molecule has 0 radical (unpaired) electrons. The number of hydrogen-bond acceptors (Lipinski definition) is 4. The fourth-order valence-electron chi connectivity index (χ4n) is 2.71. The molecule has 2 rings (SSSR count). The van der Waals surface area contributed by atoms with Crippen LogP contribution in [0.4, 0.5) is 0 Å². The molecule has 2 nitrogen and oxygen atoms in total. The maximum absolute atomic E-state index is 10.4. The van der Waals surface area contributed by atoms with Gasteiger partial charge in [0.05, 0.1) is 10.3 Å². The van der Waals surface area contributed by atoms with Gasteiger partial charge in [-0.1, -0.05) is 13.3 Å². The fourth-order valence-corrected chi connectivity index (χ4v) is 4.82. The van der Waals surface area contributed by atoms with Crippen LogP contribution in [0.25, 0.3) is 0 Å². The van der Waals surface area contributed by atoms with Crippen LogP contribution in [0.1, 0.15) is 56.9 Å². The maximum Gasteiger partial charge on any atom is 0.0894 e. The number of nitrogens with zero attached hydrogens (tertiary/aromatic N) is 1. The number of aliphatic hydroxyl groups is 1. The van der Waals surface area contributed by atoms with E-state index in [-0.39, 0.29) is 6.10 Å². The summed E-state index contributed by atoms with van der Waals surface area (Å²) >= 11 is 3.66. The van der Waals surface area contributed by atoms with Crippen molar-refractivity contribution in [3.8, 4) is 0 Å². The molecule has 1 aliphatic heterocycles. The van der Waals surface area contributed by atoms with Gasteiger partial charge in [0.1, 0.15) is 0 Å². The largest absolute Gasteiger partial charge is 0.388 e. The van der Waals surface area contributed by atoms with Crippen LogP contribution >= 0.6 is 23.1 Å². The molecular formula is C16H27NOS2. The molecule has 1 aliphatic rings. The highest BCUT2D eigenvalue weighted by Crippen LogP contribution is 2.32. The molecule has 2 atom stereocenters. The van der Waals surface area contributed by atoms with E-state index < -0.39 is 0 Å². The zero-order valence-electron chi connectivity index (χ0n) is 12.7. The van der Waals surface area contributed by atoms with Crippen LogP contribution in [0.2, 0.25) is 0 Å². The molecule has 0 aromatic carbocycles. The molecule has 1 aromatic heterocycles. The Balaban J connectivity index is 1.78. The molecule has 0 saturated carbocycles. The monoisotopic (exact) mass is 313 g/mol. The van der Waals surface area contributed by atoms with Gasteiger partial charge in [0.25, 0.3) is 0 Å². The van der Waals surface area contributed by atoms with Gasteiger partial charge in [0, 0.05) is 17.5 Å². The second kappa shape index (κ2) is 8.42. The molecule has 1 saturated heterocycles. The van der Waals surface area contributed by atoms with Crippen molar-refractivity contribution in [3.63, 3.8) is 0 Å². The average Bonchev–Trinajstić information content (AvgIpc) is 2.93. The fraction of sp³-hybridized carbons (Fsp3) is 0.750. The third kappa shape index (κ3) is 4.76. The number of aliphatic hydroxyl groups excluding tert-OH is 1. The number of piperidine rings is 1. The van der Waals surface area contributed by atoms with Crippen molar-refractivity contribution in [3.05, 3.63) is 17.0 Å². The number of hydrogen-bond donors (Lipinski definition) is 1. The number of rotatable bonds is 7. The van der Waals surface area contributed by atoms with Crippen molar-refractivity contribution in [2.45, 2.75) is 62.3 Å². The zero-order chi connectivity index (χ0) is 14.4. The van der Waals surface area contributed by atoms with Crippen LogP contribution in [0, 0.1) is 0 Å². The molecule has 2 heterocycles. The SMILES string of the molecule is CCCSc1ccc(C(O)CCN2CCCCC2C)s1. The Bertz CT molecular complexity index is 394. The lowest BCUT2D eigenvalue weighted by molar-refractivity contribution is 0.111. The summed E-state index contributed by atoms with van der Waals surface area (Å²) in [6, 6.07) is 4.95. The summed E-state index contributed by atoms with van der Waals surface area (Å²) in [5, 5.41) is 10.4. The molecule has 1 N–H and O–H groups in total. The predicted octanol–water partition coefficient (Wildman–Crippen LogP) is 4.55. The third-order valence-electron chi connectivity index (χ3n) is 4.01. The summed E-state index contributed by atoms with van der Waals surface area (Å²) in [5.74, 6) is 1.17. The van der Waals surface area contributed by atoms with E-state index in [0.29, 0.717) is 6.04 Å². The van der Waals surface area contributed by atoms with Crippen LogP contribution < -0.4 is 0 Å². The van der Waals surface area contributed by atoms with E-state index in [4.69, 9.17) is 0 Å². The van der Waals surface area contributed by atoms with Gasteiger partial charge in [-0.05, 0) is 57.0 Å². The van der Waals surface area contributed by atoms with E-state index >= 15 is 0 Å². The lowest BCUT2D eigenvalue weighted by Gasteiger charge is -2.33. The minimum absolute atomic E-state index is 0.287. The second-order valence-corrected chi connectivity index (χ2v) is 8.20. The Morgan fingerprint density at radius 3 is 3.05 bits per heavy atom. The predicted molar refractivity (Wildman–Crippen MR) is 89.8 cm³/mol. The Morgan fingerprint density at radius 2 is 2.30 bits per heavy atom. The minimum atomic E-state index is -0.287. The highest BCUT2D eigenvalue weighted by molar-refractivity contribution is 8.01. The van der Waals surface area contributed by atoms with Crippen LogP contribution in [-0.2, 0) is 0 Å². The van der Waals surface area contributed by atoms with Gasteiger partial charge in [-0.2, -0.15) is 0 Å². The number of likely N-dealkylation sites (tertiary alicyclic amines) is 1. The van der Waals surface area contributed by atoms with Gasteiger partial charge < -0.3 is 10.0 Å². The highest BCUT2D eigenvalue weighted by Gasteiger charge is 2.19. The summed E-state index contributed by atoms with van der Waals surface area (Å²) in [4.78, 5) is 3.67. The first-order valence-corrected chi connectivity index (χ1v) is 9.65. The number of thiophene rings is 1. The average molecular weight is 314 g/mol. The molecule has 0 bridgehead atoms. The van der Waals surface area contributed by atoms with E-state index in [2.05, 4.69) is 30.9 Å². The van der Waals surface area contributed by atoms with Crippen LogP contribution in [0.3, 0.4) is 0 Å². The van der Waals surface area contributed by atoms with Crippen molar-refractivity contribution in [2.24, 2.45) is 0 Å². The second-order valence-electron chi connectivity index (χ2n) is 5.69. The first kappa shape index (κ1) is 16.3. The third-order valence-corrected chi connectivity index (χ3v) is 6.63. The standard InChI is InChI=1S/C16H27NOS2/c1-3-12-19-16-8-7-15(20-16)14(18)9-11-17-10-5-4-6-13(17)2/h7-8,13-14,18H,3-6,9-12H2,1-2H3. The quantitative estimate of drug-likeness (QED) is 0.747. The Labute approximate surface area is 131 Å². The first-order chi connectivity index (χ1) is 9.70. The van der Waals surface area contributed by atoms with Gasteiger partial charge in [0.2, 0.25) is 0 Å². The Kier molecular flexibility index (Phi) is 6.88. The molecule has 0 amide bonds.